The van der Waals surface area contributed by atoms with Gasteiger partial charge in [-0.15, -0.1) is 0 Å². The van der Waals surface area contributed by atoms with Crippen LogP contribution in [0.4, 0.5) is 0 Å². The lowest BCUT2D eigenvalue weighted by atomic mass is 10.2. The average molecular weight is 374 g/mol. The van der Waals surface area contributed by atoms with E-state index in [9.17, 15) is 9.59 Å². The maximum Gasteiger partial charge on any atom is 0.288 e. The van der Waals surface area contributed by atoms with E-state index in [2.05, 4.69) is 20.4 Å². The number of aromatic nitrogens is 4. The number of carbonyl (C=O) groups excluding carboxylic acids is 1. The number of aliphatic hydroxyl groups excluding tert-OH is 1. The predicted octanol–water partition coefficient (Wildman–Crippen LogP) is 0.993. The van der Waals surface area contributed by atoms with Crippen molar-refractivity contribution < 1.29 is 9.90 Å². The molecule has 0 aliphatic carbocycles. The van der Waals surface area contributed by atoms with Gasteiger partial charge in [-0.05, 0) is 30.5 Å². The summed E-state index contributed by atoms with van der Waals surface area (Å²) in [6.07, 6.45) is 3.66. The third-order valence-electron chi connectivity index (χ3n) is 3.68. The molecular formula is C17H16ClN5O3. The number of halogens is 1. The number of nitrogens with zero attached hydrogens (tertiary/aromatic N) is 4. The number of amides is 1. The van der Waals surface area contributed by atoms with Crippen LogP contribution in [0.15, 0.2) is 41.5 Å². The summed E-state index contributed by atoms with van der Waals surface area (Å²) in [6, 6.07) is 7.01. The van der Waals surface area contributed by atoms with Crippen molar-refractivity contribution in [2.75, 3.05) is 6.61 Å². The summed E-state index contributed by atoms with van der Waals surface area (Å²) in [7, 11) is 0. The van der Waals surface area contributed by atoms with Gasteiger partial charge in [-0.1, -0.05) is 23.7 Å². The Balaban J connectivity index is 1.82. The van der Waals surface area contributed by atoms with Gasteiger partial charge in [0, 0.05) is 24.4 Å². The quantitative estimate of drug-likeness (QED) is 0.667. The summed E-state index contributed by atoms with van der Waals surface area (Å²) in [5.74, 6) is -0.439. The van der Waals surface area contributed by atoms with Gasteiger partial charge < -0.3 is 10.4 Å². The van der Waals surface area contributed by atoms with Crippen molar-refractivity contribution in [1.82, 2.24) is 24.9 Å². The minimum absolute atomic E-state index is 0.0139. The first kappa shape index (κ1) is 18.0. The van der Waals surface area contributed by atoms with E-state index in [1.54, 1.807) is 24.3 Å². The third-order valence-corrected chi connectivity index (χ3v) is 3.93. The van der Waals surface area contributed by atoms with Gasteiger partial charge in [-0.25, -0.2) is 9.97 Å². The summed E-state index contributed by atoms with van der Waals surface area (Å²) >= 11 is 5.82. The van der Waals surface area contributed by atoms with E-state index in [0.717, 1.165) is 10.1 Å². The maximum absolute atomic E-state index is 12.5. The number of rotatable bonds is 6. The molecule has 0 saturated heterocycles. The largest absolute Gasteiger partial charge is 0.396 e. The number of nitrogens with one attached hydrogen (secondary N) is 1. The fraction of sp³-hybridized carbons (Fsp3) is 0.235. The van der Waals surface area contributed by atoms with Gasteiger partial charge >= 0.3 is 0 Å². The van der Waals surface area contributed by atoms with Crippen LogP contribution >= 0.6 is 11.6 Å². The van der Waals surface area contributed by atoms with Crippen molar-refractivity contribution in [1.29, 1.82) is 0 Å². The van der Waals surface area contributed by atoms with Crippen LogP contribution in [0.2, 0.25) is 5.02 Å². The molecule has 1 aromatic carbocycles. The van der Waals surface area contributed by atoms with Crippen molar-refractivity contribution in [3.8, 4) is 0 Å². The van der Waals surface area contributed by atoms with Crippen molar-refractivity contribution in [2.45, 2.75) is 19.4 Å². The van der Waals surface area contributed by atoms with Gasteiger partial charge in [0.1, 0.15) is 5.56 Å². The zero-order chi connectivity index (χ0) is 18.5. The Labute approximate surface area is 153 Å². The summed E-state index contributed by atoms with van der Waals surface area (Å²) in [4.78, 5) is 33.0. The van der Waals surface area contributed by atoms with Crippen molar-refractivity contribution in [2.24, 2.45) is 0 Å². The van der Waals surface area contributed by atoms with Crippen molar-refractivity contribution >= 4 is 23.3 Å². The topological polar surface area (TPSA) is 109 Å². The van der Waals surface area contributed by atoms with Crippen LogP contribution in [0.5, 0.6) is 0 Å². The number of aryl methyl sites for hydroxylation is 1. The van der Waals surface area contributed by atoms with Gasteiger partial charge in [0.25, 0.3) is 17.2 Å². The summed E-state index contributed by atoms with van der Waals surface area (Å²) in [6.45, 7) is 0.264. The number of benzene rings is 1. The molecule has 0 aliphatic rings. The van der Waals surface area contributed by atoms with Crippen LogP contribution in [0.25, 0.3) is 5.78 Å². The van der Waals surface area contributed by atoms with Gasteiger partial charge in [0.15, 0.2) is 0 Å². The number of aliphatic hydroxyl groups is 1. The second-order valence-electron chi connectivity index (χ2n) is 5.57. The molecule has 0 spiro atoms. The molecule has 26 heavy (non-hydrogen) atoms. The smallest absolute Gasteiger partial charge is 0.288 e. The molecule has 9 heteroatoms. The normalized spacial score (nSPS) is 10.8. The highest BCUT2D eigenvalue weighted by Crippen LogP contribution is 2.09. The summed E-state index contributed by atoms with van der Waals surface area (Å²) < 4.78 is 1.00. The van der Waals surface area contributed by atoms with E-state index < -0.39 is 11.5 Å². The molecule has 0 unspecified atom stereocenters. The molecule has 0 saturated carbocycles. The molecule has 2 N–H and O–H groups in total. The Morgan fingerprint density at radius 2 is 1.92 bits per heavy atom. The zero-order valence-corrected chi connectivity index (χ0v) is 14.5. The van der Waals surface area contributed by atoms with E-state index in [0.29, 0.717) is 23.6 Å². The lowest BCUT2D eigenvalue weighted by Crippen LogP contribution is -2.32. The molecule has 8 nitrogen and oxygen atoms in total. The Morgan fingerprint density at radius 3 is 2.65 bits per heavy atom. The lowest BCUT2D eigenvalue weighted by Gasteiger charge is -2.06. The van der Waals surface area contributed by atoms with E-state index in [-0.39, 0.29) is 24.5 Å². The van der Waals surface area contributed by atoms with Gasteiger partial charge in [0.05, 0.1) is 11.9 Å². The Kier molecular flexibility index (Phi) is 5.55. The Bertz CT molecular complexity index is 988. The molecule has 0 bridgehead atoms. The van der Waals surface area contributed by atoms with Crippen LogP contribution in [0.3, 0.4) is 0 Å². The number of hydrogen-bond donors (Lipinski definition) is 2. The van der Waals surface area contributed by atoms with Crippen LogP contribution < -0.4 is 10.9 Å². The zero-order valence-electron chi connectivity index (χ0n) is 13.7. The number of fused-ring (bicyclic) bond motifs is 1. The lowest BCUT2D eigenvalue weighted by molar-refractivity contribution is 0.0948. The second-order valence-corrected chi connectivity index (χ2v) is 6.01. The Hall–Kier alpha value is -2.84. The Morgan fingerprint density at radius 1 is 1.19 bits per heavy atom. The second kappa shape index (κ2) is 8.03. The number of hydrogen-bond acceptors (Lipinski definition) is 6. The van der Waals surface area contributed by atoms with Gasteiger partial charge in [-0.2, -0.15) is 9.61 Å². The monoisotopic (exact) mass is 373 g/mol. The molecule has 0 aliphatic heterocycles. The molecule has 0 radical (unpaired) electrons. The first-order valence-corrected chi connectivity index (χ1v) is 8.34. The maximum atomic E-state index is 12.5. The fourth-order valence-electron chi connectivity index (χ4n) is 2.31. The number of carbonyl (C=O) groups is 1. The average Bonchev–Trinajstić information content (AvgIpc) is 2.66. The van der Waals surface area contributed by atoms with Crippen LogP contribution in [-0.4, -0.2) is 37.2 Å². The molecule has 0 atom stereocenters. The van der Waals surface area contributed by atoms with Crippen LogP contribution in [0, 0.1) is 0 Å². The molecule has 1 amide bonds. The predicted molar refractivity (Wildman–Crippen MR) is 95.1 cm³/mol. The summed E-state index contributed by atoms with van der Waals surface area (Å²) in [5, 5.41) is 16.3. The highest BCUT2D eigenvalue weighted by Gasteiger charge is 2.14. The minimum atomic E-state index is -0.595. The van der Waals surface area contributed by atoms with E-state index >= 15 is 0 Å². The van der Waals surface area contributed by atoms with Gasteiger partial charge in [-0.3, -0.25) is 9.59 Å². The minimum Gasteiger partial charge on any atom is -0.396 e. The van der Waals surface area contributed by atoms with E-state index in [1.807, 2.05) is 0 Å². The molecule has 2 aromatic heterocycles. The highest BCUT2D eigenvalue weighted by atomic mass is 35.5. The van der Waals surface area contributed by atoms with E-state index in [4.69, 9.17) is 16.7 Å². The standard InChI is InChI=1S/C17H16ClN5O3/c18-12-5-3-11(4-6-12)8-19-15(25)14-10-21-17-20-9-13(2-1-7-24)22-23(17)16(14)26/h3-6,9-10,24H,1-2,7-8H2,(H,19,25). The molecule has 0 fully saturated rings. The third kappa shape index (κ3) is 4.04. The van der Waals surface area contributed by atoms with Crippen molar-refractivity contribution in [3.63, 3.8) is 0 Å². The molecule has 134 valence electrons. The van der Waals surface area contributed by atoms with E-state index in [1.165, 1.54) is 12.4 Å². The molecule has 3 rings (SSSR count). The summed E-state index contributed by atoms with van der Waals surface area (Å²) in [5.41, 5.74) is 0.670. The SMILES string of the molecule is O=C(NCc1ccc(Cl)cc1)c1cnc2ncc(CCCO)nn2c1=O. The molecule has 3 aromatic rings. The van der Waals surface area contributed by atoms with Crippen LogP contribution in [0.1, 0.15) is 28.0 Å². The van der Waals surface area contributed by atoms with Gasteiger partial charge in [0.2, 0.25) is 0 Å². The van der Waals surface area contributed by atoms with Crippen molar-refractivity contribution in [3.05, 3.63) is 68.9 Å². The molecular weight excluding hydrogens is 358 g/mol. The first-order chi connectivity index (χ1) is 12.6. The highest BCUT2D eigenvalue weighted by molar-refractivity contribution is 6.30. The molecule has 2 heterocycles. The first-order valence-electron chi connectivity index (χ1n) is 7.96. The van der Waals surface area contributed by atoms with Crippen LogP contribution in [-0.2, 0) is 13.0 Å². The fourth-order valence-corrected chi connectivity index (χ4v) is 2.44.